The van der Waals surface area contributed by atoms with Gasteiger partial charge < -0.3 is 10.2 Å². The fourth-order valence-electron chi connectivity index (χ4n) is 3.51. The fourth-order valence-corrected chi connectivity index (χ4v) is 4.64. The van der Waals surface area contributed by atoms with Gasteiger partial charge in [0.15, 0.2) is 0 Å². The van der Waals surface area contributed by atoms with Crippen molar-refractivity contribution < 1.29 is 18.0 Å². The molecule has 1 heterocycles. The first kappa shape index (κ1) is 22.0. The summed E-state index contributed by atoms with van der Waals surface area (Å²) in [4.78, 5) is 27.0. The first-order chi connectivity index (χ1) is 14.2. The van der Waals surface area contributed by atoms with Crippen molar-refractivity contribution in [2.45, 2.75) is 38.5 Å². The van der Waals surface area contributed by atoms with Gasteiger partial charge in [0.1, 0.15) is 0 Å². The lowest BCUT2D eigenvalue weighted by Crippen LogP contribution is -2.28. The van der Waals surface area contributed by atoms with Crippen LogP contribution in [0.3, 0.4) is 0 Å². The first-order valence-electron chi connectivity index (χ1n) is 9.99. The summed E-state index contributed by atoms with van der Waals surface area (Å²) in [6, 6.07) is 11.9. The lowest BCUT2D eigenvalue weighted by atomic mass is 10.1. The molecule has 0 bridgehead atoms. The molecule has 1 aliphatic heterocycles. The largest absolute Gasteiger partial charge is 0.326 e. The fraction of sp³-hybridized carbons (Fsp3) is 0.364. The topological polar surface area (TPSA) is 95.6 Å². The number of benzene rings is 2. The van der Waals surface area contributed by atoms with E-state index in [1.54, 1.807) is 17.0 Å². The van der Waals surface area contributed by atoms with E-state index in [4.69, 9.17) is 0 Å². The number of hydrogen-bond donors (Lipinski definition) is 2. The van der Waals surface area contributed by atoms with Crippen molar-refractivity contribution >= 4 is 33.2 Å². The van der Waals surface area contributed by atoms with Gasteiger partial charge >= 0.3 is 0 Å². The minimum atomic E-state index is -3.55. The van der Waals surface area contributed by atoms with Crippen LogP contribution in [-0.4, -0.2) is 33.3 Å². The number of carbonyl (C=O) groups excluding carboxylic acids is 2. The molecule has 2 amide bonds. The average molecular weight is 430 g/mol. The van der Waals surface area contributed by atoms with Gasteiger partial charge in [-0.3, -0.25) is 9.59 Å². The lowest BCUT2D eigenvalue weighted by Gasteiger charge is -2.19. The minimum Gasteiger partial charge on any atom is -0.326 e. The van der Waals surface area contributed by atoms with Crippen LogP contribution in [0.1, 0.15) is 30.9 Å². The van der Waals surface area contributed by atoms with E-state index in [-0.39, 0.29) is 23.1 Å². The Hall–Kier alpha value is -2.71. The molecule has 2 aromatic carbocycles. The van der Waals surface area contributed by atoms with Crippen LogP contribution < -0.4 is 14.9 Å². The number of amides is 2. The average Bonchev–Trinajstić information content (AvgIpc) is 3.08. The summed E-state index contributed by atoms with van der Waals surface area (Å²) >= 11 is 0. The second-order valence-corrected chi connectivity index (χ2v) is 9.37. The number of aryl methyl sites for hydroxylation is 2. The molecule has 2 aromatic rings. The Labute approximate surface area is 177 Å². The Morgan fingerprint density at radius 3 is 2.47 bits per heavy atom. The quantitative estimate of drug-likeness (QED) is 0.707. The minimum absolute atomic E-state index is 0.0782. The Bertz CT molecular complexity index is 1050. The lowest BCUT2D eigenvalue weighted by molar-refractivity contribution is -0.122. The third-order valence-electron chi connectivity index (χ3n) is 5.11. The Morgan fingerprint density at radius 1 is 1.13 bits per heavy atom. The van der Waals surface area contributed by atoms with E-state index in [1.807, 2.05) is 39.0 Å². The van der Waals surface area contributed by atoms with Gasteiger partial charge in [-0.25, -0.2) is 13.1 Å². The zero-order chi connectivity index (χ0) is 21.9. The highest BCUT2D eigenvalue weighted by Gasteiger charge is 2.35. The summed E-state index contributed by atoms with van der Waals surface area (Å²) in [6.07, 6.45) is 0.846. The second-order valence-electron chi connectivity index (χ2n) is 7.61. The molecule has 1 atom stereocenters. The maximum atomic E-state index is 12.7. The van der Waals surface area contributed by atoms with Gasteiger partial charge in [-0.2, -0.15) is 0 Å². The van der Waals surface area contributed by atoms with Gasteiger partial charge in [-0.15, -0.1) is 0 Å². The van der Waals surface area contributed by atoms with Crippen molar-refractivity contribution in [2.24, 2.45) is 5.92 Å². The zero-order valence-corrected chi connectivity index (χ0v) is 18.3. The van der Waals surface area contributed by atoms with Crippen LogP contribution in [0.5, 0.6) is 0 Å². The van der Waals surface area contributed by atoms with Gasteiger partial charge in [0, 0.05) is 30.9 Å². The molecule has 30 heavy (non-hydrogen) atoms. The van der Waals surface area contributed by atoms with E-state index < -0.39 is 15.9 Å². The third kappa shape index (κ3) is 4.88. The SMILES string of the molecule is CCCNS(=O)(=O)c1ccc(NC(=O)C2CC(=O)N(c3ccc(C)cc3C)C2)cc1. The van der Waals surface area contributed by atoms with Crippen LogP contribution in [0.4, 0.5) is 11.4 Å². The van der Waals surface area contributed by atoms with Crippen molar-refractivity contribution in [3.63, 3.8) is 0 Å². The molecule has 160 valence electrons. The van der Waals surface area contributed by atoms with Gasteiger partial charge in [-0.1, -0.05) is 24.6 Å². The number of rotatable bonds is 7. The van der Waals surface area contributed by atoms with Crippen LogP contribution in [0, 0.1) is 19.8 Å². The van der Waals surface area contributed by atoms with Crippen molar-refractivity contribution in [3.8, 4) is 0 Å². The zero-order valence-electron chi connectivity index (χ0n) is 17.4. The van der Waals surface area contributed by atoms with Gasteiger partial charge in [-0.05, 0) is 56.2 Å². The number of nitrogens with one attached hydrogen (secondary N) is 2. The highest BCUT2D eigenvalue weighted by molar-refractivity contribution is 7.89. The summed E-state index contributed by atoms with van der Waals surface area (Å²) < 4.78 is 26.8. The summed E-state index contributed by atoms with van der Waals surface area (Å²) in [5.74, 6) is -0.797. The Morgan fingerprint density at radius 2 is 1.83 bits per heavy atom. The molecule has 2 N–H and O–H groups in total. The molecule has 1 unspecified atom stereocenters. The molecule has 0 saturated carbocycles. The molecular weight excluding hydrogens is 402 g/mol. The summed E-state index contributed by atoms with van der Waals surface area (Å²) in [5, 5.41) is 2.79. The summed E-state index contributed by atoms with van der Waals surface area (Å²) in [7, 11) is -3.55. The van der Waals surface area contributed by atoms with Crippen LogP contribution in [0.25, 0.3) is 0 Å². The van der Waals surface area contributed by atoms with E-state index in [0.29, 0.717) is 25.2 Å². The third-order valence-corrected chi connectivity index (χ3v) is 6.59. The number of carbonyl (C=O) groups is 2. The molecule has 3 rings (SSSR count). The predicted octanol–water partition coefficient (Wildman–Crippen LogP) is 2.98. The molecule has 8 heteroatoms. The number of anilines is 2. The maximum absolute atomic E-state index is 12.7. The molecule has 0 aliphatic carbocycles. The maximum Gasteiger partial charge on any atom is 0.240 e. The molecule has 0 spiro atoms. The highest BCUT2D eigenvalue weighted by atomic mass is 32.2. The highest BCUT2D eigenvalue weighted by Crippen LogP contribution is 2.29. The summed E-state index contributed by atoms with van der Waals surface area (Å²) in [5.41, 5.74) is 3.44. The number of hydrogen-bond acceptors (Lipinski definition) is 4. The van der Waals surface area contributed by atoms with Crippen LogP contribution in [-0.2, 0) is 19.6 Å². The van der Waals surface area contributed by atoms with Crippen LogP contribution in [0.15, 0.2) is 47.4 Å². The van der Waals surface area contributed by atoms with Crippen molar-refractivity contribution in [1.29, 1.82) is 0 Å². The van der Waals surface area contributed by atoms with Crippen molar-refractivity contribution in [2.75, 3.05) is 23.3 Å². The standard InChI is InChI=1S/C22H27N3O4S/c1-4-11-23-30(28,29)19-8-6-18(7-9-19)24-22(27)17-13-21(26)25(14-17)20-10-5-15(2)12-16(20)3/h5-10,12,17,23H,4,11,13-14H2,1-3H3,(H,24,27). The van der Waals surface area contributed by atoms with Crippen molar-refractivity contribution in [1.82, 2.24) is 4.72 Å². The number of nitrogens with zero attached hydrogens (tertiary/aromatic N) is 1. The Balaban J connectivity index is 1.66. The number of sulfonamides is 1. The second kappa shape index (κ2) is 8.97. The van der Waals surface area contributed by atoms with Gasteiger partial charge in [0.25, 0.3) is 0 Å². The van der Waals surface area contributed by atoms with Gasteiger partial charge in [0.05, 0.1) is 10.8 Å². The molecular formula is C22H27N3O4S. The summed E-state index contributed by atoms with van der Waals surface area (Å²) in [6.45, 7) is 6.52. The molecule has 7 nitrogen and oxygen atoms in total. The first-order valence-corrected chi connectivity index (χ1v) is 11.5. The smallest absolute Gasteiger partial charge is 0.240 e. The van der Waals surface area contributed by atoms with E-state index in [1.165, 1.54) is 12.1 Å². The Kier molecular flexibility index (Phi) is 6.58. The predicted molar refractivity (Wildman–Crippen MR) is 117 cm³/mol. The van der Waals surface area contributed by atoms with Crippen molar-refractivity contribution in [3.05, 3.63) is 53.6 Å². The molecule has 1 saturated heterocycles. The van der Waals surface area contributed by atoms with Crippen LogP contribution in [0.2, 0.25) is 0 Å². The monoisotopic (exact) mass is 429 g/mol. The van der Waals surface area contributed by atoms with E-state index in [2.05, 4.69) is 10.0 Å². The van der Waals surface area contributed by atoms with E-state index in [0.717, 1.165) is 16.8 Å². The molecule has 0 aromatic heterocycles. The van der Waals surface area contributed by atoms with E-state index in [9.17, 15) is 18.0 Å². The van der Waals surface area contributed by atoms with Crippen LogP contribution >= 0.6 is 0 Å². The normalized spacial score (nSPS) is 16.7. The molecule has 1 aliphatic rings. The van der Waals surface area contributed by atoms with Gasteiger partial charge in [0.2, 0.25) is 21.8 Å². The van der Waals surface area contributed by atoms with E-state index >= 15 is 0 Å². The molecule has 1 fully saturated rings. The molecule has 0 radical (unpaired) electrons.